The van der Waals surface area contributed by atoms with E-state index in [1.807, 2.05) is 17.5 Å². The molecule has 5 amide bonds. The fourth-order valence-electron chi connectivity index (χ4n) is 5.73. The summed E-state index contributed by atoms with van der Waals surface area (Å²) in [6, 6.07) is 13.4. The number of ketones is 1. The molecule has 0 radical (unpaired) electrons. The van der Waals surface area contributed by atoms with Gasteiger partial charge in [-0.3, -0.25) is 24.2 Å². The molecule has 2 aromatic carbocycles. The number of nitrogens with one attached hydrogen (secondary N) is 3. The first-order valence-corrected chi connectivity index (χ1v) is 17.4. The van der Waals surface area contributed by atoms with Crippen molar-refractivity contribution in [2.45, 2.75) is 56.7 Å². The summed E-state index contributed by atoms with van der Waals surface area (Å²) in [5, 5.41) is 12.6. The molecule has 0 spiro atoms. The van der Waals surface area contributed by atoms with Gasteiger partial charge >= 0.3 is 12.0 Å². The van der Waals surface area contributed by atoms with Crippen LogP contribution in [0.2, 0.25) is 10.0 Å². The van der Waals surface area contributed by atoms with E-state index in [1.54, 1.807) is 47.7 Å². The normalized spacial score (nSPS) is 18.2. The van der Waals surface area contributed by atoms with Gasteiger partial charge in [-0.15, -0.1) is 11.3 Å². The lowest BCUT2D eigenvalue weighted by Crippen LogP contribution is -2.65. The third kappa shape index (κ3) is 9.17. The fraction of sp³-hybridized carbons (Fsp3) is 0.353. The second-order valence-corrected chi connectivity index (χ2v) is 13.4. The largest absolute Gasteiger partial charge is 0.454 e. The van der Waals surface area contributed by atoms with Crippen molar-refractivity contribution in [3.8, 4) is 0 Å². The number of hydrogen-bond acceptors (Lipinski definition) is 8. The van der Waals surface area contributed by atoms with E-state index in [4.69, 9.17) is 27.9 Å². The van der Waals surface area contributed by atoms with E-state index >= 15 is 0 Å². The summed E-state index contributed by atoms with van der Waals surface area (Å²) in [5.41, 5.74) is 0.635. The third-order valence-corrected chi connectivity index (χ3v) is 9.77. The number of nitrogens with zero attached hydrogens (tertiary/aromatic N) is 2. The van der Waals surface area contributed by atoms with Crippen molar-refractivity contribution in [3.63, 3.8) is 0 Å². The molecule has 1 unspecified atom stereocenters. The molecule has 12 nitrogen and oxygen atoms in total. The first kappa shape index (κ1) is 35.8. The SMILES string of the molecule is O=C(NCCc1cccs1)NC1CCC(=O)N2CCC[C@@H](C(=O)N[C@@H](Cc3ccccc3)C(=O)COC(=O)c3c(Cl)cccc3Cl)N2C1=O. The number of rotatable bonds is 12. The Morgan fingerprint density at radius 1 is 0.959 bits per heavy atom. The van der Waals surface area contributed by atoms with Crippen LogP contribution < -0.4 is 16.0 Å². The van der Waals surface area contributed by atoms with Crippen molar-refractivity contribution in [1.29, 1.82) is 0 Å². The highest BCUT2D eigenvalue weighted by molar-refractivity contribution is 7.09. The standard InChI is InChI=1S/C34H35Cl2N5O7S/c35-23-10-4-11-24(36)30(23)33(46)48-20-28(42)26(19-21-7-2-1-3-8-21)38-31(44)27-12-5-17-40-29(43)14-13-25(32(45)41(27)40)39-34(47)37-16-15-22-9-6-18-49-22/h1-4,6-11,18,25-27H,5,12-17,19-20H2,(H,38,44)(H2,37,39,47)/t25?,26-,27-/m0/s1. The number of urea groups is 1. The minimum atomic E-state index is -1.15. The monoisotopic (exact) mass is 727 g/mol. The Bertz CT molecular complexity index is 1670. The molecule has 1 aromatic heterocycles. The van der Waals surface area contributed by atoms with E-state index < -0.39 is 54.3 Å². The second-order valence-electron chi connectivity index (χ2n) is 11.6. The number of Topliss-reactive ketones (excluding diaryl/α,β-unsaturated/α-hetero) is 1. The maximum atomic E-state index is 13.9. The molecule has 3 aromatic rings. The number of hydrogen-bond donors (Lipinski definition) is 3. The molecule has 0 aliphatic carbocycles. The Morgan fingerprint density at radius 3 is 2.43 bits per heavy atom. The zero-order valence-corrected chi connectivity index (χ0v) is 28.7. The fourth-order valence-corrected chi connectivity index (χ4v) is 7.00. The molecular weight excluding hydrogens is 693 g/mol. The molecule has 0 saturated carbocycles. The number of hydrazine groups is 1. The highest BCUT2D eigenvalue weighted by atomic mass is 35.5. The number of benzene rings is 2. The van der Waals surface area contributed by atoms with Gasteiger partial charge in [0, 0.05) is 24.4 Å². The molecule has 3 atom stereocenters. The average molecular weight is 729 g/mol. The zero-order valence-electron chi connectivity index (χ0n) is 26.4. The Hall–Kier alpha value is -4.46. The van der Waals surface area contributed by atoms with E-state index in [2.05, 4.69) is 16.0 Å². The van der Waals surface area contributed by atoms with Crippen LogP contribution in [0.15, 0.2) is 66.0 Å². The highest BCUT2D eigenvalue weighted by Crippen LogP contribution is 2.26. The van der Waals surface area contributed by atoms with Gasteiger partial charge in [0.1, 0.15) is 12.1 Å². The van der Waals surface area contributed by atoms with Crippen molar-refractivity contribution < 1.29 is 33.5 Å². The van der Waals surface area contributed by atoms with Crippen LogP contribution in [0, 0.1) is 0 Å². The highest BCUT2D eigenvalue weighted by Gasteiger charge is 2.45. The minimum Gasteiger partial charge on any atom is -0.454 e. The summed E-state index contributed by atoms with van der Waals surface area (Å²) in [6.45, 7) is -0.116. The molecule has 258 valence electrons. The van der Waals surface area contributed by atoms with E-state index in [0.29, 0.717) is 19.4 Å². The number of carbonyl (C=O) groups excluding carboxylic acids is 6. The Labute approximate surface area is 297 Å². The van der Waals surface area contributed by atoms with Gasteiger partial charge in [-0.1, -0.05) is 65.7 Å². The van der Waals surface area contributed by atoms with E-state index in [-0.39, 0.29) is 53.7 Å². The Kier molecular flexibility index (Phi) is 12.3. The molecule has 0 bridgehead atoms. The molecule has 2 aliphatic rings. The van der Waals surface area contributed by atoms with Crippen LogP contribution in [-0.4, -0.2) is 83.3 Å². The van der Waals surface area contributed by atoms with Crippen LogP contribution in [0.4, 0.5) is 4.79 Å². The van der Waals surface area contributed by atoms with Crippen molar-refractivity contribution >= 4 is 70.0 Å². The number of carbonyl (C=O) groups is 6. The number of esters is 1. The molecule has 5 rings (SSSR count). The topological polar surface area (TPSA) is 154 Å². The molecule has 3 heterocycles. The minimum absolute atomic E-state index is 0.00729. The number of thiophene rings is 1. The quantitative estimate of drug-likeness (QED) is 0.239. The molecule has 15 heteroatoms. The summed E-state index contributed by atoms with van der Waals surface area (Å²) in [7, 11) is 0. The van der Waals surface area contributed by atoms with Crippen LogP contribution >= 0.6 is 34.5 Å². The Balaban J connectivity index is 1.28. The van der Waals surface area contributed by atoms with E-state index in [0.717, 1.165) is 15.4 Å². The van der Waals surface area contributed by atoms with Gasteiger partial charge in [0.2, 0.25) is 11.8 Å². The molecule has 3 N–H and O–H groups in total. The van der Waals surface area contributed by atoms with Gasteiger partial charge in [-0.2, -0.15) is 0 Å². The van der Waals surface area contributed by atoms with Gasteiger partial charge in [0.05, 0.1) is 21.7 Å². The average Bonchev–Trinajstić information content (AvgIpc) is 3.58. The second kappa shape index (κ2) is 16.8. The Morgan fingerprint density at radius 2 is 1.71 bits per heavy atom. The predicted molar refractivity (Wildman–Crippen MR) is 183 cm³/mol. The summed E-state index contributed by atoms with van der Waals surface area (Å²) >= 11 is 13.8. The third-order valence-electron chi connectivity index (χ3n) is 8.21. The van der Waals surface area contributed by atoms with Crippen LogP contribution in [0.1, 0.15) is 46.5 Å². The first-order valence-electron chi connectivity index (χ1n) is 15.8. The number of halogens is 2. The maximum Gasteiger partial charge on any atom is 0.341 e. The van der Waals surface area contributed by atoms with Gasteiger partial charge in [-0.05, 0) is 61.2 Å². The van der Waals surface area contributed by atoms with Crippen molar-refractivity contribution in [1.82, 2.24) is 26.0 Å². The first-order chi connectivity index (χ1) is 23.6. The number of amides is 5. The number of fused-ring (bicyclic) bond motifs is 1. The summed E-state index contributed by atoms with van der Waals surface area (Å²) in [4.78, 5) is 81.0. The van der Waals surface area contributed by atoms with E-state index in [1.165, 1.54) is 17.1 Å². The van der Waals surface area contributed by atoms with Gasteiger partial charge in [-0.25, -0.2) is 14.6 Å². The van der Waals surface area contributed by atoms with Gasteiger partial charge in [0.25, 0.3) is 5.91 Å². The van der Waals surface area contributed by atoms with Crippen LogP contribution in [0.25, 0.3) is 0 Å². The molecule has 2 saturated heterocycles. The smallest absolute Gasteiger partial charge is 0.341 e. The lowest BCUT2D eigenvalue weighted by Gasteiger charge is -2.43. The summed E-state index contributed by atoms with van der Waals surface area (Å²) in [6.07, 6.45) is 1.39. The lowest BCUT2D eigenvalue weighted by molar-refractivity contribution is -0.176. The molecule has 2 aliphatic heterocycles. The van der Waals surface area contributed by atoms with Gasteiger partial charge in [0.15, 0.2) is 12.4 Å². The van der Waals surface area contributed by atoms with Gasteiger partial charge < -0.3 is 20.7 Å². The van der Waals surface area contributed by atoms with Crippen molar-refractivity contribution in [2.75, 3.05) is 19.7 Å². The van der Waals surface area contributed by atoms with Crippen molar-refractivity contribution in [2.24, 2.45) is 0 Å². The number of ether oxygens (including phenoxy) is 1. The zero-order chi connectivity index (χ0) is 34.9. The van der Waals surface area contributed by atoms with Crippen LogP contribution in [-0.2, 0) is 36.8 Å². The maximum absolute atomic E-state index is 13.9. The molecular formula is C34H35Cl2N5O7S. The lowest BCUT2D eigenvalue weighted by atomic mass is 10.0. The van der Waals surface area contributed by atoms with Crippen molar-refractivity contribution in [3.05, 3.63) is 92.1 Å². The summed E-state index contributed by atoms with van der Waals surface area (Å²) in [5.74, 6) is -3.13. The summed E-state index contributed by atoms with van der Waals surface area (Å²) < 4.78 is 5.26. The van der Waals surface area contributed by atoms with E-state index in [9.17, 15) is 28.8 Å². The predicted octanol–water partition coefficient (Wildman–Crippen LogP) is 3.95. The van der Waals surface area contributed by atoms with Crippen LogP contribution in [0.3, 0.4) is 0 Å². The van der Waals surface area contributed by atoms with Crippen LogP contribution in [0.5, 0.6) is 0 Å². The molecule has 49 heavy (non-hydrogen) atoms. The molecule has 2 fully saturated rings.